The molecule has 0 fully saturated rings. The van der Waals surface area contributed by atoms with Crippen LogP contribution in [0.25, 0.3) is 12.2 Å². The molecule has 0 spiro atoms. The maximum atomic E-state index is 11.9. The highest BCUT2D eigenvalue weighted by Crippen LogP contribution is 2.26. The largest absolute Gasteiger partial charge is 0.489 e. The predicted octanol–water partition coefficient (Wildman–Crippen LogP) is 7.13. The van der Waals surface area contributed by atoms with Gasteiger partial charge in [-0.3, -0.25) is 4.98 Å². The average Bonchev–Trinajstić information content (AvgIpc) is 2.93. The van der Waals surface area contributed by atoms with Gasteiger partial charge < -0.3 is 18.9 Å². The first-order chi connectivity index (χ1) is 18.8. The molecule has 0 saturated carbocycles. The van der Waals surface area contributed by atoms with E-state index >= 15 is 0 Å². The Bertz CT molecular complexity index is 1300. The van der Waals surface area contributed by atoms with E-state index in [9.17, 15) is 4.79 Å². The van der Waals surface area contributed by atoms with Crippen LogP contribution in [-0.4, -0.2) is 23.2 Å². The first-order valence-corrected chi connectivity index (χ1v) is 12.8. The highest BCUT2D eigenvalue weighted by Gasteiger charge is 2.16. The fourth-order valence-electron chi connectivity index (χ4n) is 3.61. The molecule has 0 aliphatic carbocycles. The van der Waals surface area contributed by atoms with Gasteiger partial charge in [-0.2, -0.15) is 0 Å². The molecule has 4 rings (SSSR count). The maximum absolute atomic E-state index is 11.9. The van der Waals surface area contributed by atoms with E-state index in [0.717, 1.165) is 22.4 Å². The number of nitrogens with zero attached hydrogens (tertiary/aromatic N) is 1. The van der Waals surface area contributed by atoms with E-state index in [2.05, 4.69) is 4.98 Å². The summed E-state index contributed by atoms with van der Waals surface area (Å²) in [5.41, 5.74) is 3.27. The Morgan fingerprint density at radius 2 is 1.31 bits per heavy atom. The summed E-state index contributed by atoms with van der Waals surface area (Å²) in [7, 11) is 0. The van der Waals surface area contributed by atoms with E-state index < -0.39 is 11.6 Å². The number of hydrogen-bond donors (Lipinski definition) is 0. The third-order valence-electron chi connectivity index (χ3n) is 5.38. The fraction of sp³-hybridized carbons (Fsp3) is 0.212. The average molecular weight is 524 g/mol. The van der Waals surface area contributed by atoms with Gasteiger partial charge >= 0.3 is 5.97 Å². The van der Waals surface area contributed by atoms with Gasteiger partial charge in [0.1, 0.15) is 36.1 Å². The summed E-state index contributed by atoms with van der Waals surface area (Å²) >= 11 is 0. The Kier molecular flexibility index (Phi) is 9.35. The van der Waals surface area contributed by atoms with E-state index in [1.807, 2.05) is 118 Å². The van der Waals surface area contributed by atoms with Crippen molar-refractivity contribution in [3.05, 3.63) is 120 Å². The monoisotopic (exact) mass is 523 g/mol. The molecule has 6 nitrogen and oxygen atoms in total. The normalized spacial score (nSPS) is 11.3. The minimum atomic E-state index is -0.552. The number of hydrogen-bond acceptors (Lipinski definition) is 6. The lowest BCUT2D eigenvalue weighted by Crippen LogP contribution is -2.27. The molecule has 1 aromatic heterocycles. The molecule has 4 aromatic rings. The third-order valence-corrected chi connectivity index (χ3v) is 5.38. The van der Waals surface area contributed by atoms with Crippen LogP contribution < -0.4 is 14.2 Å². The first-order valence-electron chi connectivity index (χ1n) is 12.8. The second-order valence-electron chi connectivity index (χ2n) is 9.91. The van der Waals surface area contributed by atoms with Gasteiger partial charge in [0.15, 0.2) is 6.61 Å². The van der Waals surface area contributed by atoms with Crippen molar-refractivity contribution in [1.82, 2.24) is 4.98 Å². The number of pyridine rings is 1. The van der Waals surface area contributed by atoms with Crippen molar-refractivity contribution >= 4 is 18.1 Å². The SMILES string of the molecule is CC(C)(C)OC(=O)COc1ccc(C=Cc2cc(OCc3ccccc3)cc(OCc3ccccc3)c2)nc1. The number of ether oxygens (including phenoxy) is 4. The van der Waals surface area contributed by atoms with Crippen LogP contribution >= 0.6 is 0 Å². The molecule has 0 bridgehead atoms. The molecular weight excluding hydrogens is 490 g/mol. The number of carbonyl (C=O) groups is 1. The molecule has 0 aliphatic rings. The topological polar surface area (TPSA) is 66.9 Å². The molecule has 0 amide bonds. The molecule has 0 radical (unpaired) electrons. The standard InChI is InChI=1S/C33H33NO5/c1-33(2,3)39-32(35)24-38-29-17-16-28(34-21-29)15-14-27-18-30(36-22-25-10-6-4-7-11-25)20-31(19-27)37-23-26-12-8-5-9-13-26/h4-21H,22-24H2,1-3H3. The molecular formula is C33H33NO5. The van der Waals surface area contributed by atoms with Crippen molar-refractivity contribution in [3.63, 3.8) is 0 Å². The number of esters is 1. The first kappa shape index (κ1) is 27.5. The van der Waals surface area contributed by atoms with E-state index in [1.54, 1.807) is 12.3 Å². The Morgan fingerprint density at radius 3 is 1.82 bits per heavy atom. The lowest BCUT2D eigenvalue weighted by Gasteiger charge is -2.19. The van der Waals surface area contributed by atoms with E-state index in [-0.39, 0.29) is 6.61 Å². The minimum Gasteiger partial charge on any atom is -0.489 e. The van der Waals surface area contributed by atoms with Gasteiger partial charge in [-0.05, 0) is 67.8 Å². The molecule has 200 valence electrons. The fourth-order valence-corrected chi connectivity index (χ4v) is 3.61. The highest BCUT2D eigenvalue weighted by molar-refractivity contribution is 5.72. The van der Waals surface area contributed by atoms with Gasteiger partial charge in [-0.15, -0.1) is 0 Å². The zero-order valence-electron chi connectivity index (χ0n) is 22.5. The van der Waals surface area contributed by atoms with E-state index in [1.165, 1.54) is 0 Å². The lowest BCUT2D eigenvalue weighted by atomic mass is 10.1. The Hall–Kier alpha value is -4.58. The summed E-state index contributed by atoms with van der Waals surface area (Å²) < 4.78 is 22.9. The highest BCUT2D eigenvalue weighted by atomic mass is 16.6. The molecule has 0 saturated heterocycles. The summed E-state index contributed by atoms with van der Waals surface area (Å²) in [6, 6.07) is 29.5. The maximum Gasteiger partial charge on any atom is 0.344 e. The summed E-state index contributed by atoms with van der Waals surface area (Å²) in [4.78, 5) is 16.3. The minimum absolute atomic E-state index is 0.171. The predicted molar refractivity (Wildman–Crippen MR) is 152 cm³/mol. The van der Waals surface area contributed by atoms with Crippen molar-refractivity contribution in [2.45, 2.75) is 39.6 Å². The quantitative estimate of drug-likeness (QED) is 0.195. The second-order valence-corrected chi connectivity index (χ2v) is 9.91. The number of aromatic nitrogens is 1. The van der Waals surface area contributed by atoms with Gasteiger partial charge in [0, 0.05) is 6.07 Å². The van der Waals surface area contributed by atoms with Crippen LogP contribution in [0.15, 0.2) is 97.2 Å². The zero-order chi connectivity index (χ0) is 27.5. The van der Waals surface area contributed by atoms with Crippen LogP contribution in [0.2, 0.25) is 0 Å². The number of carbonyl (C=O) groups excluding carboxylic acids is 1. The molecule has 0 aliphatic heterocycles. The van der Waals surface area contributed by atoms with Crippen molar-refractivity contribution in [2.75, 3.05) is 6.61 Å². The van der Waals surface area contributed by atoms with Crippen molar-refractivity contribution in [3.8, 4) is 17.2 Å². The molecule has 3 aromatic carbocycles. The summed E-state index contributed by atoms with van der Waals surface area (Å²) in [6.45, 7) is 6.19. The van der Waals surface area contributed by atoms with Crippen molar-refractivity contribution in [1.29, 1.82) is 0 Å². The smallest absolute Gasteiger partial charge is 0.344 e. The summed E-state index contributed by atoms with van der Waals surface area (Å²) in [5, 5.41) is 0. The van der Waals surface area contributed by atoms with Crippen molar-refractivity contribution < 1.29 is 23.7 Å². The van der Waals surface area contributed by atoms with Crippen LogP contribution in [0, 0.1) is 0 Å². The van der Waals surface area contributed by atoms with Gasteiger partial charge in [-0.25, -0.2) is 4.79 Å². The Balaban J connectivity index is 1.43. The summed E-state index contributed by atoms with van der Waals surface area (Å²) in [5.74, 6) is 1.49. The van der Waals surface area contributed by atoms with Crippen LogP contribution in [0.4, 0.5) is 0 Å². The van der Waals surface area contributed by atoms with Crippen LogP contribution in [-0.2, 0) is 22.7 Å². The second kappa shape index (κ2) is 13.3. The van der Waals surface area contributed by atoms with Crippen LogP contribution in [0.1, 0.15) is 43.2 Å². The van der Waals surface area contributed by atoms with Crippen LogP contribution in [0.3, 0.4) is 0 Å². The molecule has 0 atom stereocenters. The van der Waals surface area contributed by atoms with Gasteiger partial charge in [0.05, 0.1) is 11.9 Å². The summed E-state index contributed by atoms with van der Waals surface area (Å²) in [6.07, 6.45) is 5.43. The van der Waals surface area contributed by atoms with E-state index in [0.29, 0.717) is 30.5 Å². The molecule has 0 N–H and O–H groups in total. The third kappa shape index (κ3) is 9.67. The van der Waals surface area contributed by atoms with Gasteiger partial charge in [0.2, 0.25) is 0 Å². The zero-order valence-corrected chi connectivity index (χ0v) is 22.5. The Morgan fingerprint density at radius 1 is 0.718 bits per heavy atom. The van der Waals surface area contributed by atoms with Crippen LogP contribution in [0.5, 0.6) is 17.2 Å². The Labute approximate surface area is 229 Å². The van der Waals surface area contributed by atoms with Gasteiger partial charge in [-0.1, -0.05) is 66.7 Å². The molecule has 6 heteroatoms. The molecule has 0 unspecified atom stereocenters. The molecule has 1 heterocycles. The van der Waals surface area contributed by atoms with Gasteiger partial charge in [0.25, 0.3) is 0 Å². The number of benzene rings is 3. The number of rotatable bonds is 11. The lowest BCUT2D eigenvalue weighted by molar-refractivity contribution is -0.157. The molecule has 39 heavy (non-hydrogen) atoms. The van der Waals surface area contributed by atoms with Crippen molar-refractivity contribution in [2.24, 2.45) is 0 Å². The van der Waals surface area contributed by atoms with E-state index in [4.69, 9.17) is 18.9 Å².